The molecule has 0 fully saturated rings. The first-order valence-corrected chi connectivity index (χ1v) is 17.4. The Kier molecular flexibility index (Phi) is 6.39. The molecule has 0 amide bonds. The molecule has 10 rings (SSSR count). The van der Waals surface area contributed by atoms with Gasteiger partial charge in [-0.15, -0.1) is 11.3 Å². The summed E-state index contributed by atoms with van der Waals surface area (Å²) in [5.41, 5.74) is 11.7. The van der Waals surface area contributed by atoms with Crippen molar-refractivity contribution in [2.45, 2.75) is 0 Å². The van der Waals surface area contributed by atoms with Gasteiger partial charge in [-0.3, -0.25) is 9.97 Å². The van der Waals surface area contributed by atoms with Gasteiger partial charge in [-0.1, -0.05) is 127 Å². The fraction of sp³-hybridized carbons (Fsp3) is 0. The summed E-state index contributed by atoms with van der Waals surface area (Å²) in [6.07, 6.45) is 3.57. The first-order valence-electron chi connectivity index (χ1n) is 16.6. The minimum absolute atomic E-state index is 0.938. The lowest BCUT2D eigenvalue weighted by atomic mass is 9.89. The molecule has 0 atom stereocenters. The van der Waals surface area contributed by atoms with Crippen LogP contribution in [0, 0.1) is 0 Å². The molecule has 0 saturated heterocycles. The Balaban J connectivity index is 1.24. The van der Waals surface area contributed by atoms with Crippen molar-refractivity contribution < 1.29 is 0 Å². The van der Waals surface area contributed by atoms with Crippen molar-refractivity contribution in [2.75, 3.05) is 0 Å². The van der Waals surface area contributed by atoms with Crippen molar-refractivity contribution in [3.63, 3.8) is 0 Å². The molecule has 0 bridgehead atoms. The zero-order valence-electron chi connectivity index (χ0n) is 26.5. The normalized spacial score (nSPS) is 11.7. The zero-order valence-corrected chi connectivity index (χ0v) is 27.3. The maximum absolute atomic E-state index is 4.78. The molecule has 0 unspecified atom stereocenters. The van der Waals surface area contributed by atoms with E-state index < -0.39 is 0 Å². The Morgan fingerprint density at radius 1 is 0.327 bits per heavy atom. The second kappa shape index (κ2) is 11.2. The molecule has 0 N–H and O–H groups in total. The summed E-state index contributed by atoms with van der Waals surface area (Å²) >= 11 is 1.89. The van der Waals surface area contributed by atoms with Gasteiger partial charge in [-0.05, 0) is 80.0 Å². The van der Waals surface area contributed by atoms with E-state index in [9.17, 15) is 0 Å². The topological polar surface area (TPSA) is 25.8 Å². The van der Waals surface area contributed by atoms with Gasteiger partial charge in [-0.2, -0.15) is 0 Å². The van der Waals surface area contributed by atoms with Crippen LogP contribution < -0.4 is 0 Å². The van der Waals surface area contributed by atoms with Crippen molar-refractivity contribution in [1.82, 2.24) is 9.97 Å². The van der Waals surface area contributed by atoms with Crippen molar-refractivity contribution in [2.24, 2.45) is 0 Å². The average molecular weight is 641 g/mol. The first kappa shape index (κ1) is 27.9. The van der Waals surface area contributed by atoms with Crippen LogP contribution in [0.1, 0.15) is 0 Å². The quantitative estimate of drug-likeness (QED) is 0.179. The van der Waals surface area contributed by atoms with Crippen LogP contribution in [0.5, 0.6) is 0 Å². The van der Waals surface area contributed by atoms with Crippen LogP contribution in [0.4, 0.5) is 0 Å². The second-order valence-corrected chi connectivity index (χ2v) is 13.6. The van der Waals surface area contributed by atoms with Crippen molar-refractivity contribution >= 4 is 64.1 Å². The van der Waals surface area contributed by atoms with Crippen molar-refractivity contribution in [1.29, 1.82) is 0 Å². The standard InChI is InChI=1S/C46H28N2S/c1-3-11-29(12-4-1)31-20-22-43-40(25-31)42-28-33(30-13-5-2-6-14-30)27-41(46(42)49-43)35-16-8-7-15-34(35)32-19-21-38-39(26-32)36-17-9-10-18-37(36)44-45(38)48-24-23-47-44/h1-28H. The lowest BCUT2D eigenvalue weighted by Gasteiger charge is -2.15. The molecule has 0 spiro atoms. The van der Waals surface area contributed by atoms with Crippen LogP contribution in [0.2, 0.25) is 0 Å². The molecule has 0 aliphatic heterocycles. The number of nitrogens with zero attached hydrogens (tertiary/aromatic N) is 2. The summed E-state index contributed by atoms with van der Waals surface area (Å²) in [4.78, 5) is 9.52. The minimum atomic E-state index is 0.938. The molecule has 8 aromatic carbocycles. The smallest absolute Gasteiger partial charge is 0.0971 e. The Morgan fingerprint density at radius 3 is 1.65 bits per heavy atom. The van der Waals surface area contributed by atoms with E-state index >= 15 is 0 Å². The predicted molar refractivity (Wildman–Crippen MR) is 209 cm³/mol. The highest BCUT2D eigenvalue weighted by Gasteiger charge is 2.18. The number of fused-ring (bicyclic) bond motifs is 9. The number of benzene rings is 8. The van der Waals surface area contributed by atoms with E-state index in [0.717, 1.165) is 21.8 Å². The van der Waals surface area contributed by atoms with Crippen LogP contribution in [0.3, 0.4) is 0 Å². The third-order valence-corrected chi connectivity index (χ3v) is 11.0. The SMILES string of the molecule is c1ccc(-c2ccc3sc4c(-c5ccccc5-c5ccc6c(c5)c5ccccc5c5nccnc65)cc(-c5ccccc5)cc4c3c2)cc1. The second-order valence-electron chi connectivity index (χ2n) is 12.6. The summed E-state index contributed by atoms with van der Waals surface area (Å²) in [7, 11) is 0. The molecule has 0 aliphatic rings. The lowest BCUT2D eigenvalue weighted by molar-refractivity contribution is 1.31. The molecule has 3 heteroatoms. The van der Waals surface area contributed by atoms with Crippen LogP contribution in [-0.4, -0.2) is 9.97 Å². The monoisotopic (exact) mass is 640 g/mol. The Hall–Kier alpha value is -6.16. The fourth-order valence-electron chi connectivity index (χ4n) is 7.45. The highest BCUT2D eigenvalue weighted by Crippen LogP contribution is 2.46. The van der Waals surface area contributed by atoms with Gasteiger partial charge in [0, 0.05) is 48.9 Å². The number of rotatable bonds is 4. The van der Waals surface area contributed by atoms with Crippen molar-refractivity contribution in [3.8, 4) is 44.5 Å². The van der Waals surface area contributed by atoms with E-state index in [4.69, 9.17) is 9.97 Å². The fourth-order valence-corrected chi connectivity index (χ4v) is 8.65. The molecule has 10 aromatic rings. The largest absolute Gasteiger partial charge is 0.252 e. The maximum Gasteiger partial charge on any atom is 0.0971 e. The Bertz CT molecular complexity index is 2840. The molecule has 2 heterocycles. The van der Waals surface area contributed by atoms with E-state index in [1.54, 1.807) is 12.4 Å². The summed E-state index contributed by atoms with van der Waals surface area (Å²) in [5.74, 6) is 0. The minimum Gasteiger partial charge on any atom is -0.252 e. The Morgan fingerprint density at radius 2 is 0.898 bits per heavy atom. The van der Waals surface area contributed by atoms with Gasteiger partial charge in [0.15, 0.2) is 0 Å². The van der Waals surface area contributed by atoms with Gasteiger partial charge in [0.2, 0.25) is 0 Å². The van der Waals surface area contributed by atoms with Crippen LogP contribution in [-0.2, 0) is 0 Å². The molecule has 228 valence electrons. The van der Waals surface area contributed by atoms with E-state index in [0.29, 0.717) is 0 Å². The van der Waals surface area contributed by atoms with E-state index in [-0.39, 0.29) is 0 Å². The first-order chi connectivity index (χ1) is 24.3. The zero-order chi connectivity index (χ0) is 32.3. The number of aromatic nitrogens is 2. The van der Waals surface area contributed by atoms with Gasteiger partial charge in [0.1, 0.15) is 0 Å². The summed E-state index contributed by atoms with van der Waals surface area (Å²) in [5, 5.41) is 7.21. The molecule has 0 aliphatic carbocycles. The van der Waals surface area contributed by atoms with E-state index in [2.05, 4.69) is 158 Å². The Labute approximate surface area is 287 Å². The van der Waals surface area contributed by atoms with Gasteiger partial charge >= 0.3 is 0 Å². The third kappa shape index (κ3) is 4.55. The number of hydrogen-bond donors (Lipinski definition) is 0. The van der Waals surface area contributed by atoms with Gasteiger partial charge < -0.3 is 0 Å². The van der Waals surface area contributed by atoms with Crippen LogP contribution in [0.15, 0.2) is 170 Å². The van der Waals surface area contributed by atoms with E-state index in [1.165, 1.54) is 75.5 Å². The van der Waals surface area contributed by atoms with Crippen molar-refractivity contribution in [3.05, 3.63) is 170 Å². The van der Waals surface area contributed by atoms with Crippen LogP contribution in [0.25, 0.3) is 97.3 Å². The summed E-state index contributed by atoms with van der Waals surface area (Å²) in [6, 6.07) is 57.4. The summed E-state index contributed by atoms with van der Waals surface area (Å²) in [6.45, 7) is 0. The number of hydrogen-bond acceptors (Lipinski definition) is 3. The lowest BCUT2D eigenvalue weighted by Crippen LogP contribution is -1.90. The van der Waals surface area contributed by atoms with Gasteiger partial charge in [0.05, 0.1) is 11.0 Å². The van der Waals surface area contributed by atoms with Crippen LogP contribution >= 0.6 is 11.3 Å². The molecule has 2 nitrogen and oxygen atoms in total. The van der Waals surface area contributed by atoms with E-state index in [1.807, 2.05) is 11.3 Å². The molecule has 0 saturated carbocycles. The summed E-state index contributed by atoms with van der Waals surface area (Å²) < 4.78 is 2.60. The third-order valence-electron chi connectivity index (χ3n) is 9.76. The molecule has 0 radical (unpaired) electrons. The molecular formula is C46H28N2S. The number of thiophene rings is 1. The highest BCUT2D eigenvalue weighted by atomic mass is 32.1. The molecule has 49 heavy (non-hydrogen) atoms. The predicted octanol–water partition coefficient (Wildman–Crippen LogP) is 13.0. The maximum atomic E-state index is 4.78. The molecular weight excluding hydrogens is 613 g/mol. The van der Waals surface area contributed by atoms with Gasteiger partial charge in [-0.25, -0.2) is 0 Å². The molecule has 2 aromatic heterocycles. The van der Waals surface area contributed by atoms with Gasteiger partial charge in [0.25, 0.3) is 0 Å². The average Bonchev–Trinajstić information content (AvgIpc) is 3.56. The highest BCUT2D eigenvalue weighted by molar-refractivity contribution is 7.26.